The van der Waals surface area contributed by atoms with Crippen molar-refractivity contribution in [3.05, 3.63) is 28.6 Å². The van der Waals surface area contributed by atoms with Gasteiger partial charge in [0, 0.05) is 11.1 Å². The highest BCUT2D eigenvalue weighted by Gasteiger charge is 2.32. The van der Waals surface area contributed by atoms with Crippen LogP contribution in [0, 0.1) is 24.4 Å². The fourth-order valence-electron chi connectivity index (χ4n) is 1.47. The summed E-state index contributed by atoms with van der Waals surface area (Å²) in [4.78, 5) is -1.22. The van der Waals surface area contributed by atoms with Crippen LogP contribution in [0.1, 0.15) is 25.0 Å². The van der Waals surface area contributed by atoms with Gasteiger partial charge in [0.2, 0.25) is 0 Å². The molecule has 0 unspecified atom stereocenters. The van der Waals surface area contributed by atoms with Crippen molar-refractivity contribution in [2.45, 2.75) is 37.6 Å². The summed E-state index contributed by atoms with van der Waals surface area (Å²) in [5.41, 5.74) is -1.69. The maximum atomic E-state index is 13.7. The minimum absolute atomic E-state index is 0.733. The van der Waals surface area contributed by atoms with Crippen LogP contribution in [0.3, 0.4) is 0 Å². The van der Waals surface area contributed by atoms with Crippen molar-refractivity contribution in [1.29, 1.82) is 0 Å². The molecule has 0 aliphatic carbocycles. The maximum Gasteiger partial charge on any atom is 0.184 e. The van der Waals surface area contributed by atoms with Crippen LogP contribution in [-0.4, -0.2) is 13.7 Å². The van der Waals surface area contributed by atoms with E-state index < -0.39 is 55.2 Å². The molecule has 1 aromatic carbocycles. The maximum absolute atomic E-state index is 13.7. The van der Waals surface area contributed by atoms with E-state index in [0.717, 1.165) is 6.92 Å². The molecule has 7 heteroatoms. The van der Waals surface area contributed by atoms with Crippen LogP contribution in [0.25, 0.3) is 0 Å². The van der Waals surface area contributed by atoms with Gasteiger partial charge in [-0.1, -0.05) is 0 Å². The molecule has 0 N–H and O–H groups in total. The highest BCUT2D eigenvalue weighted by molar-refractivity contribution is 7.92. The van der Waals surface area contributed by atoms with Crippen molar-refractivity contribution < 1.29 is 26.0 Å². The van der Waals surface area contributed by atoms with Crippen LogP contribution < -0.4 is 0 Å². The third-order valence-electron chi connectivity index (χ3n) is 2.63. The Morgan fingerprint density at radius 2 is 1.56 bits per heavy atom. The third kappa shape index (κ3) is 2.11. The first-order valence-electron chi connectivity index (χ1n) is 5.12. The molecule has 2 nitrogen and oxygen atoms in total. The Bertz CT molecular complexity index is 579. The normalized spacial score (nSPS) is 12.2. The molecule has 0 heterocycles. The first-order valence-corrected chi connectivity index (χ1v) is 6.66. The number of halogens is 4. The van der Waals surface area contributed by atoms with Gasteiger partial charge in [-0.05, 0) is 20.8 Å². The number of alkyl halides is 1. The van der Waals surface area contributed by atoms with Crippen LogP contribution in [-0.2, 0) is 16.5 Å². The SMILES string of the molecule is Cc1c(F)c(F)c(S(=O)(=O)C(C)C)c(CF)c1F. The number of rotatable bonds is 3. The van der Waals surface area contributed by atoms with Crippen molar-refractivity contribution in [3.63, 3.8) is 0 Å². The highest BCUT2D eigenvalue weighted by Crippen LogP contribution is 2.31. The Hall–Kier alpha value is -1.11. The van der Waals surface area contributed by atoms with E-state index in [1.807, 2.05) is 0 Å². The standard InChI is InChI=1S/C11H12F4O2S/c1-5(2)18(16,17)11-7(4-12)8(13)6(3)9(14)10(11)15/h5H,4H2,1-3H3. The zero-order valence-electron chi connectivity index (χ0n) is 10.0. The summed E-state index contributed by atoms with van der Waals surface area (Å²) in [5, 5.41) is -1.11. The van der Waals surface area contributed by atoms with E-state index in [-0.39, 0.29) is 0 Å². The molecule has 0 aromatic heterocycles. The predicted octanol–water partition coefficient (Wildman–Crippen LogP) is 3.06. The second kappa shape index (κ2) is 4.87. The molecular formula is C11H12F4O2S. The summed E-state index contributed by atoms with van der Waals surface area (Å²) in [5.74, 6) is -4.70. The van der Waals surface area contributed by atoms with E-state index in [1.165, 1.54) is 13.8 Å². The van der Waals surface area contributed by atoms with Crippen LogP contribution in [0.15, 0.2) is 4.90 Å². The van der Waals surface area contributed by atoms with E-state index in [2.05, 4.69) is 0 Å². The van der Waals surface area contributed by atoms with E-state index in [4.69, 9.17) is 0 Å². The summed E-state index contributed by atoms with van der Waals surface area (Å²) in [6.45, 7) is 1.82. The Kier molecular flexibility index (Phi) is 4.05. The molecule has 0 saturated heterocycles. The molecule has 0 atom stereocenters. The molecule has 1 aromatic rings. The number of hydrogen-bond acceptors (Lipinski definition) is 2. The molecule has 0 spiro atoms. The summed E-state index contributed by atoms with van der Waals surface area (Å²) >= 11 is 0. The average molecular weight is 284 g/mol. The van der Waals surface area contributed by atoms with Crippen LogP contribution in [0.4, 0.5) is 17.6 Å². The fourth-order valence-corrected chi connectivity index (χ4v) is 2.77. The lowest BCUT2D eigenvalue weighted by Gasteiger charge is -2.15. The van der Waals surface area contributed by atoms with Crippen molar-refractivity contribution in [3.8, 4) is 0 Å². The van der Waals surface area contributed by atoms with E-state index >= 15 is 0 Å². The Morgan fingerprint density at radius 3 is 1.94 bits per heavy atom. The second-order valence-electron chi connectivity index (χ2n) is 4.10. The molecule has 0 amide bonds. The lowest BCUT2D eigenvalue weighted by atomic mass is 10.1. The van der Waals surface area contributed by atoms with Gasteiger partial charge < -0.3 is 0 Å². The largest absolute Gasteiger partial charge is 0.246 e. The van der Waals surface area contributed by atoms with Gasteiger partial charge in [-0.25, -0.2) is 26.0 Å². The Balaban J connectivity index is 3.85. The molecule has 0 aliphatic rings. The first kappa shape index (κ1) is 14.9. The van der Waals surface area contributed by atoms with E-state index in [0.29, 0.717) is 0 Å². The van der Waals surface area contributed by atoms with Gasteiger partial charge >= 0.3 is 0 Å². The Morgan fingerprint density at radius 1 is 1.06 bits per heavy atom. The lowest BCUT2D eigenvalue weighted by molar-refractivity contribution is 0.418. The molecule has 1 rings (SSSR count). The van der Waals surface area contributed by atoms with E-state index in [9.17, 15) is 26.0 Å². The van der Waals surface area contributed by atoms with Gasteiger partial charge in [0.1, 0.15) is 17.4 Å². The molecule has 0 radical (unpaired) electrons. The van der Waals surface area contributed by atoms with E-state index in [1.54, 1.807) is 0 Å². The zero-order chi connectivity index (χ0) is 14.2. The third-order valence-corrected chi connectivity index (χ3v) is 4.86. The topological polar surface area (TPSA) is 34.1 Å². The van der Waals surface area contributed by atoms with Crippen molar-refractivity contribution in [2.24, 2.45) is 0 Å². The van der Waals surface area contributed by atoms with Crippen molar-refractivity contribution in [1.82, 2.24) is 0 Å². The van der Waals surface area contributed by atoms with Gasteiger partial charge in [-0.3, -0.25) is 0 Å². The summed E-state index contributed by atoms with van der Waals surface area (Å²) in [6, 6.07) is 0. The van der Waals surface area contributed by atoms with Gasteiger partial charge in [-0.15, -0.1) is 0 Å². The monoisotopic (exact) mass is 284 g/mol. The second-order valence-corrected chi connectivity index (χ2v) is 6.54. The van der Waals surface area contributed by atoms with Crippen molar-refractivity contribution in [2.75, 3.05) is 0 Å². The number of benzene rings is 1. The predicted molar refractivity (Wildman–Crippen MR) is 58.2 cm³/mol. The van der Waals surface area contributed by atoms with Crippen LogP contribution >= 0.6 is 0 Å². The molecular weight excluding hydrogens is 272 g/mol. The average Bonchev–Trinajstić information content (AvgIpc) is 2.30. The molecule has 0 fully saturated rings. The number of sulfone groups is 1. The minimum Gasteiger partial charge on any atom is -0.246 e. The summed E-state index contributed by atoms with van der Waals surface area (Å²) in [7, 11) is -4.31. The van der Waals surface area contributed by atoms with Crippen molar-refractivity contribution >= 4 is 9.84 Å². The summed E-state index contributed by atoms with van der Waals surface area (Å²) in [6.07, 6.45) is 0. The van der Waals surface area contributed by atoms with Gasteiger partial charge in [0.15, 0.2) is 21.5 Å². The van der Waals surface area contributed by atoms with Crippen LogP contribution in [0.5, 0.6) is 0 Å². The van der Waals surface area contributed by atoms with Gasteiger partial charge in [-0.2, -0.15) is 0 Å². The van der Waals surface area contributed by atoms with Gasteiger partial charge in [0.25, 0.3) is 0 Å². The lowest BCUT2D eigenvalue weighted by Crippen LogP contribution is -2.20. The molecule has 0 aliphatic heterocycles. The Labute approximate surface area is 103 Å². The minimum atomic E-state index is -4.31. The fraction of sp³-hybridized carbons (Fsp3) is 0.455. The van der Waals surface area contributed by atoms with Crippen LogP contribution in [0.2, 0.25) is 0 Å². The quantitative estimate of drug-likeness (QED) is 0.631. The zero-order valence-corrected chi connectivity index (χ0v) is 10.8. The molecule has 102 valence electrons. The molecule has 18 heavy (non-hydrogen) atoms. The molecule has 0 bridgehead atoms. The number of hydrogen-bond donors (Lipinski definition) is 0. The van der Waals surface area contributed by atoms with Gasteiger partial charge in [0.05, 0.1) is 5.25 Å². The smallest absolute Gasteiger partial charge is 0.184 e. The molecule has 0 saturated carbocycles. The first-order chi connectivity index (χ1) is 8.16. The highest BCUT2D eigenvalue weighted by atomic mass is 32.2. The summed E-state index contributed by atoms with van der Waals surface area (Å²) < 4.78 is 77.0.